The van der Waals surface area contributed by atoms with E-state index in [0.29, 0.717) is 22.3 Å². The SMILES string of the molecule is Cc1cc(C)c(O)c(S(=O)(=O)c2c(C)c(C)cc(C)c2O)c1C. The highest BCUT2D eigenvalue weighted by atomic mass is 32.2. The normalized spacial score (nSPS) is 11.7. The Morgan fingerprint density at radius 3 is 1.26 bits per heavy atom. The third-order valence-corrected chi connectivity index (χ3v) is 6.52. The molecular weight excluding hydrogens is 312 g/mol. The maximum atomic E-state index is 13.2. The summed E-state index contributed by atoms with van der Waals surface area (Å²) in [5.41, 5.74) is 3.53. The second-order valence-corrected chi connectivity index (χ2v) is 7.95. The highest BCUT2D eigenvalue weighted by Crippen LogP contribution is 2.41. The van der Waals surface area contributed by atoms with Crippen LogP contribution >= 0.6 is 0 Å². The first-order valence-corrected chi connectivity index (χ1v) is 8.83. The van der Waals surface area contributed by atoms with Crippen molar-refractivity contribution in [1.29, 1.82) is 0 Å². The van der Waals surface area contributed by atoms with Gasteiger partial charge in [0.25, 0.3) is 0 Å². The number of sulfone groups is 1. The fourth-order valence-corrected chi connectivity index (χ4v) is 5.00. The molecule has 2 aromatic carbocycles. The molecule has 0 bridgehead atoms. The molecule has 0 aliphatic rings. The van der Waals surface area contributed by atoms with Crippen LogP contribution < -0.4 is 0 Å². The minimum Gasteiger partial charge on any atom is -0.506 e. The first-order chi connectivity index (χ1) is 10.5. The van der Waals surface area contributed by atoms with Crippen LogP contribution in [0, 0.1) is 41.5 Å². The van der Waals surface area contributed by atoms with E-state index in [0.717, 1.165) is 11.1 Å². The topological polar surface area (TPSA) is 74.6 Å². The van der Waals surface area contributed by atoms with Crippen LogP contribution in [0.5, 0.6) is 11.5 Å². The summed E-state index contributed by atoms with van der Waals surface area (Å²) in [6.45, 7) is 10.3. The quantitative estimate of drug-likeness (QED) is 0.876. The molecule has 5 heteroatoms. The fraction of sp³-hybridized carbons (Fsp3) is 0.333. The number of phenols is 2. The molecule has 0 aromatic heterocycles. The van der Waals surface area contributed by atoms with Gasteiger partial charge in [0.1, 0.15) is 21.3 Å². The third-order valence-electron chi connectivity index (χ3n) is 4.44. The van der Waals surface area contributed by atoms with E-state index < -0.39 is 9.84 Å². The number of aromatic hydroxyl groups is 2. The van der Waals surface area contributed by atoms with E-state index in [4.69, 9.17) is 0 Å². The Morgan fingerprint density at radius 2 is 0.957 bits per heavy atom. The molecule has 0 fully saturated rings. The van der Waals surface area contributed by atoms with Gasteiger partial charge in [-0.25, -0.2) is 8.42 Å². The number of benzene rings is 2. The van der Waals surface area contributed by atoms with Gasteiger partial charge in [0.05, 0.1) is 0 Å². The molecule has 0 atom stereocenters. The van der Waals surface area contributed by atoms with E-state index >= 15 is 0 Å². The van der Waals surface area contributed by atoms with Gasteiger partial charge in [-0.1, -0.05) is 12.1 Å². The molecule has 0 saturated carbocycles. The molecule has 0 heterocycles. The lowest BCUT2D eigenvalue weighted by molar-refractivity contribution is 0.447. The van der Waals surface area contributed by atoms with Gasteiger partial charge in [0.2, 0.25) is 9.84 Å². The van der Waals surface area contributed by atoms with Crippen molar-refractivity contribution in [3.05, 3.63) is 45.5 Å². The zero-order chi connectivity index (χ0) is 17.7. The van der Waals surface area contributed by atoms with Crippen LogP contribution in [0.4, 0.5) is 0 Å². The fourth-order valence-electron chi connectivity index (χ4n) is 2.83. The van der Waals surface area contributed by atoms with Crippen LogP contribution in [-0.2, 0) is 9.84 Å². The van der Waals surface area contributed by atoms with Gasteiger partial charge in [0.15, 0.2) is 0 Å². The molecule has 2 rings (SSSR count). The minimum atomic E-state index is -4.05. The van der Waals surface area contributed by atoms with Crippen molar-refractivity contribution >= 4 is 9.84 Å². The first-order valence-electron chi connectivity index (χ1n) is 7.34. The molecule has 0 radical (unpaired) electrons. The number of hydrogen-bond donors (Lipinski definition) is 2. The minimum absolute atomic E-state index is 0.126. The van der Waals surface area contributed by atoms with Crippen molar-refractivity contribution in [2.24, 2.45) is 0 Å². The predicted molar refractivity (Wildman–Crippen MR) is 90.1 cm³/mol. The largest absolute Gasteiger partial charge is 0.506 e. The van der Waals surface area contributed by atoms with Crippen LogP contribution in [0.15, 0.2) is 21.9 Å². The zero-order valence-corrected chi connectivity index (χ0v) is 15.1. The summed E-state index contributed by atoms with van der Waals surface area (Å²) in [6, 6.07) is 3.50. The van der Waals surface area contributed by atoms with E-state index in [-0.39, 0.29) is 21.3 Å². The Morgan fingerprint density at radius 1 is 0.652 bits per heavy atom. The molecular formula is C18H22O4S. The molecule has 2 N–H and O–H groups in total. The van der Waals surface area contributed by atoms with E-state index in [9.17, 15) is 18.6 Å². The molecule has 0 aliphatic heterocycles. The maximum Gasteiger partial charge on any atom is 0.214 e. The summed E-state index contributed by atoms with van der Waals surface area (Å²) in [7, 11) is -4.05. The standard InChI is InChI=1S/C18H22O4S/c1-9-7-11(3)15(19)17(13(9)5)23(21,22)18-14(6)10(2)8-12(4)16(18)20/h7-8,19-20H,1-6H3. The van der Waals surface area contributed by atoms with E-state index in [1.165, 1.54) is 0 Å². The van der Waals surface area contributed by atoms with E-state index in [1.807, 2.05) is 0 Å². The third kappa shape index (κ3) is 2.59. The van der Waals surface area contributed by atoms with Gasteiger partial charge in [-0.15, -0.1) is 0 Å². The van der Waals surface area contributed by atoms with Crippen LogP contribution in [0.2, 0.25) is 0 Å². The number of hydrogen-bond acceptors (Lipinski definition) is 4. The molecule has 0 unspecified atom stereocenters. The summed E-state index contributed by atoms with van der Waals surface area (Å²) >= 11 is 0. The Labute approximate surface area is 137 Å². The smallest absolute Gasteiger partial charge is 0.214 e. The average molecular weight is 334 g/mol. The Bertz CT molecular complexity index is 788. The number of aryl methyl sites for hydroxylation is 4. The molecule has 124 valence electrons. The Hall–Kier alpha value is -2.01. The van der Waals surface area contributed by atoms with Crippen molar-refractivity contribution in [3.8, 4) is 11.5 Å². The summed E-state index contributed by atoms with van der Waals surface area (Å²) in [4.78, 5) is -0.253. The van der Waals surface area contributed by atoms with E-state index in [2.05, 4.69) is 0 Å². The van der Waals surface area contributed by atoms with Crippen molar-refractivity contribution in [2.45, 2.75) is 51.3 Å². The second-order valence-electron chi connectivity index (χ2n) is 6.13. The summed E-state index contributed by atoms with van der Waals surface area (Å²) in [5.74, 6) is -0.517. The maximum absolute atomic E-state index is 13.2. The van der Waals surface area contributed by atoms with Crippen LogP contribution in [0.25, 0.3) is 0 Å². The van der Waals surface area contributed by atoms with Gasteiger partial charge < -0.3 is 10.2 Å². The van der Waals surface area contributed by atoms with Gasteiger partial charge in [-0.3, -0.25) is 0 Å². The average Bonchev–Trinajstić information content (AvgIpc) is 2.43. The summed E-state index contributed by atoms with van der Waals surface area (Å²) in [5, 5.41) is 20.7. The number of rotatable bonds is 2. The zero-order valence-electron chi connectivity index (χ0n) is 14.3. The highest BCUT2D eigenvalue weighted by molar-refractivity contribution is 7.91. The predicted octanol–water partition coefficient (Wildman–Crippen LogP) is 3.78. The van der Waals surface area contributed by atoms with Crippen molar-refractivity contribution in [2.75, 3.05) is 0 Å². The van der Waals surface area contributed by atoms with E-state index in [1.54, 1.807) is 53.7 Å². The first kappa shape index (κ1) is 17.3. The lowest BCUT2D eigenvalue weighted by Gasteiger charge is -2.18. The second kappa shape index (κ2) is 5.57. The van der Waals surface area contributed by atoms with Gasteiger partial charge in [0, 0.05) is 0 Å². The molecule has 0 spiro atoms. The lowest BCUT2D eigenvalue weighted by Crippen LogP contribution is -2.10. The Kier molecular flexibility index (Phi) is 4.20. The van der Waals surface area contributed by atoms with Crippen molar-refractivity contribution < 1.29 is 18.6 Å². The molecule has 0 amide bonds. The van der Waals surface area contributed by atoms with Crippen LogP contribution in [-0.4, -0.2) is 18.6 Å². The monoisotopic (exact) mass is 334 g/mol. The van der Waals surface area contributed by atoms with Crippen LogP contribution in [0.1, 0.15) is 33.4 Å². The van der Waals surface area contributed by atoms with Crippen molar-refractivity contribution in [3.63, 3.8) is 0 Å². The molecule has 23 heavy (non-hydrogen) atoms. The molecule has 0 aliphatic carbocycles. The van der Waals surface area contributed by atoms with Crippen LogP contribution in [0.3, 0.4) is 0 Å². The Balaban J connectivity index is 2.97. The molecule has 2 aromatic rings. The van der Waals surface area contributed by atoms with Gasteiger partial charge in [-0.2, -0.15) is 0 Å². The molecule has 4 nitrogen and oxygen atoms in total. The van der Waals surface area contributed by atoms with Crippen molar-refractivity contribution in [1.82, 2.24) is 0 Å². The highest BCUT2D eigenvalue weighted by Gasteiger charge is 2.31. The van der Waals surface area contributed by atoms with Gasteiger partial charge in [-0.05, 0) is 74.9 Å². The lowest BCUT2D eigenvalue weighted by atomic mass is 10.1. The summed E-state index contributed by atoms with van der Waals surface area (Å²) < 4.78 is 26.4. The number of phenolic OH excluding ortho intramolecular Hbond substituents is 2. The van der Waals surface area contributed by atoms with Gasteiger partial charge >= 0.3 is 0 Å². The summed E-state index contributed by atoms with van der Waals surface area (Å²) in [6.07, 6.45) is 0. The molecule has 0 saturated heterocycles.